The predicted octanol–water partition coefficient (Wildman–Crippen LogP) is 3.82. The second-order valence-electron chi connectivity index (χ2n) is 7.59. The molecule has 2 heterocycles. The summed E-state index contributed by atoms with van der Waals surface area (Å²) in [6, 6.07) is 4.27. The maximum atomic E-state index is 13.9. The lowest BCUT2D eigenvalue weighted by molar-refractivity contribution is -0.121. The fourth-order valence-electron chi connectivity index (χ4n) is 3.91. The predicted molar refractivity (Wildman–Crippen MR) is 115 cm³/mol. The van der Waals surface area contributed by atoms with Crippen LogP contribution in [0.2, 0.25) is 0 Å². The Labute approximate surface area is 177 Å². The molecule has 6 nitrogen and oxygen atoms in total. The van der Waals surface area contributed by atoms with Crippen LogP contribution in [0.1, 0.15) is 54.1 Å². The highest BCUT2D eigenvalue weighted by molar-refractivity contribution is 7.18. The van der Waals surface area contributed by atoms with Crippen LogP contribution in [-0.4, -0.2) is 23.0 Å². The number of fused-ring (bicyclic) bond motifs is 3. The second kappa shape index (κ2) is 8.55. The van der Waals surface area contributed by atoms with E-state index in [0.717, 1.165) is 41.5 Å². The Morgan fingerprint density at radius 1 is 1.37 bits per heavy atom. The summed E-state index contributed by atoms with van der Waals surface area (Å²) in [5.41, 5.74) is 1.69. The minimum Gasteiger partial charge on any atom is -0.494 e. The zero-order valence-electron chi connectivity index (χ0n) is 17.0. The third kappa shape index (κ3) is 4.09. The van der Waals surface area contributed by atoms with E-state index < -0.39 is 5.82 Å². The quantitative estimate of drug-likeness (QED) is 0.624. The Kier molecular flexibility index (Phi) is 5.85. The van der Waals surface area contributed by atoms with Crippen molar-refractivity contribution in [2.24, 2.45) is 0 Å². The highest BCUT2D eigenvalue weighted by atomic mass is 32.1. The second-order valence-corrected chi connectivity index (χ2v) is 8.67. The summed E-state index contributed by atoms with van der Waals surface area (Å²) in [5, 5.41) is 3.58. The lowest BCUT2D eigenvalue weighted by atomic mass is 9.97. The van der Waals surface area contributed by atoms with Crippen LogP contribution in [0.15, 0.2) is 23.0 Å². The molecule has 2 N–H and O–H groups in total. The number of hydrogen-bond acceptors (Lipinski definition) is 5. The zero-order valence-corrected chi connectivity index (χ0v) is 17.8. The molecule has 0 fully saturated rings. The topological polar surface area (TPSA) is 84.1 Å². The summed E-state index contributed by atoms with van der Waals surface area (Å²) in [4.78, 5) is 34.4. The van der Waals surface area contributed by atoms with Crippen LogP contribution < -0.4 is 15.6 Å². The molecule has 1 atom stereocenters. The van der Waals surface area contributed by atoms with Crippen LogP contribution in [0.5, 0.6) is 5.75 Å². The fourth-order valence-corrected chi connectivity index (χ4v) is 5.19. The molecule has 1 aliphatic rings. The lowest BCUT2D eigenvalue weighted by Gasteiger charge is -2.15. The Hall–Kier alpha value is -2.74. The number of halogens is 1. The normalized spacial score (nSPS) is 14.4. The molecule has 0 radical (unpaired) electrons. The number of benzene rings is 1. The van der Waals surface area contributed by atoms with Gasteiger partial charge < -0.3 is 15.0 Å². The summed E-state index contributed by atoms with van der Waals surface area (Å²) in [6.07, 6.45) is 4.73. The van der Waals surface area contributed by atoms with E-state index in [1.807, 2.05) is 0 Å². The van der Waals surface area contributed by atoms with Gasteiger partial charge in [-0.1, -0.05) is 6.07 Å². The molecule has 4 rings (SSSR count). The molecule has 8 heteroatoms. The molecule has 0 spiro atoms. The van der Waals surface area contributed by atoms with E-state index in [9.17, 15) is 14.0 Å². The molecule has 1 aromatic carbocycles. The highest BCUT2D eigenvalue weighted by Crippen LogP contribution is 2.33. The molecule has 158 valence electrons. The van der Waals surface area contributed by atoms with Gasteiger partial charge in [-0.05, 0) is 55.9 Å². The van der Waals surface area contributed by atoms with Gasteiger partial charge in [0.25, 0.3) is 5.56 Å². The molecular formula is C22H24FN3O3S. The van der Waals surface area contributed by atoms with Gasteiger partial charge in [-0.3, -0.25) is 9.59 Å². The third-order valence-electron chi connectivity index (χ3n) is 5.52. The average Bonchev–Trinajstić information content (AvgIpc) is 3.11. The van der Waals surface area contributed by atoms with Gasteiger partial charge in [0.15, 0.2) is 11.6 Å². The van der Waals surface area contributed by atoms with Crippen molar-refractivity contribution in [1.82, 2.24) is 15.3 Å². The third-order valence-corrected chi connectivity index (χ3v) is 6.70. The van der Waals surface area contributed by atoms with Crippen LogP contribution in [-0.2, 0) is 24.1 Å². The number of carbonyl (C=O) groups is 1. The van der Waals surface area contributed by atoms with E-state index in [4.69, 9.17) is 4.74 Å². The van der Waals surface area contributed by atoms with Crippen molar-refractivity contribution in [3.63, 3.8) is 0 Å². The van der Waals surface area contributed by atoms with Gasteiger partial charge in [0, 0.05) is 17.7 Å². The number of aryl methyl sites for hydroxylation is 3. The molecular weight excluding hydrogens is 405 g/mol. The van der Waals surface area contributed by atoms with Crippen molar-refractivity contribution >= 4 is 27.5 Å². The Morgan fingerprint density at radius 3 is 2.93 bits per heavy atom. The van der Waals surface area contributed by atoms with Crippen LogP contribution in [0.4, 0.5) is 4.39 Å². The first-order valence-corrected chi connectivity index (χ1v) is 10.9. The van der Waals surface area contributed by atoms with E-state index in [1.54, 1.807) is 24.3 Å². The van der Waals surface area contributed by atoms with Crippen molar-refractivity contribution < 1.29 is 13.9 Å². The van der Waals surface area contributed by atoms with Crippen molar-refractivity contribution in [1.29, 1.82) is 0 Å². The number of aromatic nitrogens is 2. The minimum absolute atomic E-state index is 0.114. The Bertz CT molecular complexity index is 1150. The Morgan fingerprint density at radius 2 is 2.17 bits per heavy atom. The summed E-state index contributed by atoms with van der Waals surface area (Å²) in [5.74, 6) is 0.0270. The maximum Gasteiger partial charge on any atom is 0.259 e. The average molecular weight is 430 g/mol. The monoisotopic (exact) mass is 429 g/mol. The minimum atomic E-state index is -0.468. The van der Waals surface area contributed by atoms with E-state index in [1.165, 1.54) is 24.1 Å². The lowest BCUT2D eigenvalue weighted by Crippen LogP contribution is -2.27. The SMILES string of the molecule is COc1ccc(C(C)NC(=O)CCc2nc3sc4c(c3c(=O)[nH]2)CCCC4)cc1F. The van der Waals surface area contributed by atoms with Gasteiger partial charge in [-0.2, -0.15) is 0 Å². The van der Waals surface area contributed by atoms with Gasteiger partial charge in [-0.25, -0.2) is 9.37 Å². The largest absolute Gasteiger partial charge is 0.494 e. The number of carbonyl (C=O) groups excluding carboxylic acids is 1. The number of nitrogens with one attached hydrogen (secondary N) is 2. The molecule has 0 saturated heterocycles. The van der Waals surface area contributed by atoms with Crippen molar-refractivity contribution in [3.8, 4) is 5.75 Å². The number of rotatable bonds is 6. The van der Waals surface area contributed by atoms with Gasteiger partial charge >= 0.3 is 0 Å². The van der Waals surface area contributed by atoms with Crippen molar-refractivity contribution in [2.75, 3.05) is 7.11 Å². The van der Waals surface area contributed by atoms with Crippen LogP contribution in [0, 0.1) is 5.82 Å². The van der Waals surface area contributed by atoms with Gasteiger partial charge in [0.2, 0.25) is 5.91 Å². The smallest absolute Gasteiger partial charge is 0.259 e. The molecule has 0 saturated carbocycles. The summed E-state index contributed by atoms with van der Waals surface area (Å²) < 4.78 is 18.8. The van der Waals surface area contributed by atoms with E-state index in [-0.39, 0.29) is 29.7 Å². The van der Waals surface area contributed by atoms with Gasteiger partial charge in [0.1, 0.15) is 10.7 Å². The first-order valence-electron chi connectivity index (χ1n) is 10.1. The number of amides is 1. The van der Waals surface area contributed by atoms with Crippen LogP contribution in [0.25, 0.3) is 10.2 Å². The van der Waals surface area contributed by atoms with Gasteiger partial charge in [-0.15, -0.1) is 11.3 Å². The molecule has 2 aromatic heterocycles. The Balaban J connectivity index is 1.41. The zero-order chi connectivity index (χ0) is 21.3. The summed E-state index contributed by atoms with van der Waals surface area (Å²) in [7, 11) is 1.41. The molecule has 0 aliphatic heterocycles. The fraction of sp³-hybridized carbons (Fsp3) is 0.409. The van der Waals surface area contributed by atoms with Gasteiger partial charge in [0.05, 0.1) is 18.5 Å². The van der Waals surface area contributed by atoms with Crippen LogP contribution in [0.3, 0.4) is 0 Å². The number of thiophene rings is 1. The first kappa shape index (κ1) is 20.5. The number of ether oxygens (including phenoxy) is 1. The first-order chi connectivity index (χ1) is 14.5. The summed E-state index contributed by atoms with van der Waals surface area (Å²) >= 11 is 1.60. The number of nitrogens with zero attached hydrogens (tertiary/aromatic N) is 1. The highest BCUT2D eigenvalue weighted by Gasteiger charge is 2.20. The van der Waals surface area contributed by atoms with E-state index >= 15 is 0 Å². The molecule has 30 heavy (non-hydrogen) atoms. The number of aromatic amines is 1. The molecule has 1 unspecified atom stereocenters. The van der Waals surface area contributed by atoms with E-state index in [0.29, 0.717) is 17.8 Å². The molecule has 1 aliphatic carbocycles. The number of hydrogen-bond donors (Lipinski definition) is 2. The maximum absolute atomic E-state index is 13.9. The molecule has 3 aromatic rings. The standard InChI is InChI=1S/C22H24FN3O3S/c1-12(13-7-8-16(29-2)15(23)11-13)24-19(27)10-9-18-25-21(28)20-14-5-3-4-6-17(14)30-22(20)26-18/h7-8,11-12H,3-6,9-10H2,1-2H3,(H,24,27)(H,25,26,28). The number of methoxy groups -OCH3 is 1. The molecule has 1 amide bonds. The van der Waals surface area contributed by atoms with Crippen LogP contribution >= 0.6 is 11.3 Å². The number of H-pyrrole nitrogens is 1. The van der Waals surface area contributed by atoms with Crippen molar-refractivity contribution in [2.45, 2.75) is 51.5 Å². The summed E-state index contributed by atoms with van der Waals surface area (Å²) in [6.45, 7) is 1.79. The molecule has 0 bridgehead atoms. The van der Waals surface area contributed by atoms with E-state index in [2.05, 4.69) is 15.3 Å². The van der Waals surface area contributed by atoms with Crippen molar-refractivity contribution in [3.05, 3.63) is 56.2 Å².